The van der Waals surface area contributed by atoms with Crippen molar-refractivity contribution in [3.63, 3.8) is 0 Å². The number of nitrogens with two attached hydrogens (primary N) is 1. The molecule has 0 bridgehead atoms. The molecular weight excluding hydrogens is 328 g/mol. The SMILES string of the molecule is Nc1nc(Nc2ccccc2)cc(N2CCC(N3CCOCC3)CC2)n1. The summed E-state index contributed by atoms with van der Waals surface area (Å²) in [6.45, 7) is 5.80. The molecule has 0 radical (unpaired) electrons. The summed E-state index contributed by atoms with van der Waals surface area (Å²) in [6.07, 6.45) is 2.29. The Morgan fingerprint density at radius 1 is 1.00 bits per heavy atom. The van der Waals surface area contributed by atoms with Gasteiger partial charge in [-0.3, -0.25) is 4.90 Å². The first-order valence-corrected chi connectivity index (χ1v) is 9.31. The lowest BCUT2D eigenvalue weighted by Crippen LogP contribution is -2.49. The highest BCUT2D eigenvalue weighted by Gasteiger charge is 2.26. The van der Waals surface area contributed by atoms with E-state index in [1.165, 1.54) is 0 Å². The first kappa shape index (κ1) is 17.1. The molecular formula is C19H26N6O. The van der Waals surface area contributed by atoms with E-state index in [-0.39, 0.29) is 0 Å². The van der Waals surface area contributed by atoms with Crippen LogP contribution in [0.15, 0.2) is 36.4 Å². The second-order valence-corrected chi connectivity index (χ2v) is 6.83. The Morgan fingerprint density at radius 3 is 2.46 bits per heavy atom. The monoisotopic (exact) mass is 354 g/mol. The Balaban J connectivity index is 1.41. The van der Waals surface area contributed by atoms with Crippen molar-refractivity contribution in [2.45, 2.75) is 18.9 Å². The third-order valence-electron chi connectivity index (χ3n) is 5.13. The van der Waals surface area contributed by atoms with Crippen LogP contribution in [0.5, 0.6) is 0 Å². The number of benzene rings is 1. The molecule has 7 heteroatoms. The molecule has 0 atom stereocenters. The van der Waals surface area contributed by atoms with E-state index >= 15 is 0 Å². The Bertz CT molecular complexity index is 711. The van der Waals surface area contributed by atoms with Crippen LogP contribution in [0.4, 0.5) is 23.3 Å². The lowest BCUT2D eigenvalue weighted by Gasteiger charge is -2.40. The van der Waals surface area contributed by atoms with Gasteiger partial charge in [0.05, 0.1) is 13.2 Å². The smallest absolute Gasteiger partial charge is 0.223 e. The summed E-state index contributed by atoms with van der Waals surface area (Å²) >= 11 is 0. The molecule has 0 saturated carbocycles. The van der Waals surface area contributed by atoms with Crippen molar-refractivity contribution >= 4 is 23.3 Å². The molecule has 2 aliphatic heterocycles. The van der Waals surface area contributed by atoms with Gasteiger partial charge < -0.3 is 20.7 Å². The number of aromatic nitrogens is 2. The summed E-state index contributed by atoms with van der Waals surface area (Å²) in [5.41, 5.74) is 6.94. The maximum Gasteiger partial charge on any atom is 0.223 e. The number of piperidine rings is 1. The van der Waals surface area contributed by atoms with Gasteiger partial charge in [-0.25, -0.2) is 0 Å². The van der Waals surface area contributed by atoms with Crippen LogP contribution < -0.4 is 16.0 Å². The molecule has 1 aromatic carbocycles. The Morgan fingerprint density at radius 2 is 1.73 bits per heavy atom. The number of ether oxygens (including phenoxy) is 1. The van der Waals surface area contributed by atoms with Crippen LogP contribution in [-0.4, -0.2) is 60.3 Å². The van der Waals surface area contributed by atoms with Gasteiger partial charge in [-0.05, 0) is 25.0 Å². The van der Waals surface area contributed by atoms with Crippen molar-refractivity contribution in [3.05, 3.63) is 36.4 Å². The summed E-state index contributed by atoms with van der Waals surface area (Å²) < 4.78 is 5.47. The van der Waals surface area contributed by atoms with Crippen LogP contribution in [0, 0.1) is 0 Å². The quantitative estimate of drug-likeness (QED) is 0.870. The number of hydrogen-bond acceptors (Lipinski definition) is 7. The zero-order valence-corrected chi connectivity index (χ0v) is 15.0. The summed E-state index contributed by atoms with van der Waals surface area (Å²) in [6, 6.07) is 12.6. The van der Waals surface area contributed by atoms with Gasteiger partial charge in [0.25, 0.3) is 0 Å². The predicted octanol–water partition coefficient (Wildman–Crippen LogP) is 2.10. The second-order valence-electron chi connectivity index (χ2n) is 6.83. The molecule has 0 aliphatic carbocycles. The van der Waals surface area contributed by atoms with Crippen molar-refractivity contribution in [2.24, 2.45) is 0 Å². The maximum absolute atomic E-state index is 5.95. The number of rotatable bonds is 4. The minimum Gasteiger partial charge on any atom is -0.379 e. The van der Waals surface area contributed by atoms with E-state index in [0.717, 1.165) is 69.6 Å². The summed E-state index contributed by atoms with van der Waals surface area (Å²) in [5.74, 6) is 1.93. The molecule has 2 aromatic rings. The van der Waals surface area contributed by atoms with Gasteiger partial charge in [0, 0.05) is 44.0 Å². The average molecular weight is 354 g/mol. The minimum atomic E-state index is 0.302. The molecule has 26 heavy (non-hydrogen) atoms. The van der Waals surface area contributed by atoms with E-state index in [4.69, 9.17) is 10.5 Å². The van der Waals surface area contributed by atoms with Gasteiger partial charge in [-0.2, -0.15) is 9.97 Å². The summed E-state index contributed by atoms with van der Waals surface area (Å²) in [5, 5.41) is 3.30. The molecule has 4 rings (SSSR count). The van der Waals surface area contributed by atoms with Crippen LogP contribution in [-0.2, 0) is 4.74 Å². The van der Waals surface area contributed by atoms with Crippen LogP contribution in [0.1, 0.15) is 12.8 Å². The second kappa shape index (κ2) is 7.88. The highest BCUT2D eigenvalue weighted by atomic mass is 16.5. The van der Waals surface area contributed by atoms with E-state index < -0.39 is 0 Å². The lowest BCUT2D eigenvalue weighted by molar-refractivity contribution is 0.0115. The molecule has 0 amide bonds. The highest BCUT2D eigenvalue weighted by molar-refractivity contribution is 5.61. The molecule has 0 spiro atoms. The number of nitrogens with zero attached hydrogens (tertiary/aromatic N) is 4. The van der Waals surface area contributed by atoms with Crippen LogP contribution in [0.25, 0.3) is 0 Å². The average Bonchev–Trinajstić information content (AvgIpc) is 2.69. The van der Waals surface area contributed by atoms with Crippen molar-refractivity contribution in [2.75, 3.05) is 55.3 Å². The normalized spacial score (nSPS) is 19.5. The van der Waals surface area contributed by atoms with Crippen molar-refractivity contribution in [3.8, 4) is 0 Å². The number of hydrogen-bond donors (Lipinski definition) is 2. The Kier molecular flexibility index (Phi) is 5.17. The summed E-state index contributed by atoms with van der Waals surface area (Å²) in [7, 11) is 0. The van der Waals surface area contributed by atoms with Crippen molar-refractivity contribution < 1.29 is 4.74 Å². The fourth-order valence-corrected chi connectivity index (χ4v) is 3.75. The van der Waals surface area contributed by atoms with Crippen LogP contribution in [0.3, 0.4) is 0 Å². The van der Waals surface area contributed by atoms with Crippen LogP contribution >= 0.6 is 0 Å². The van der Waals surface area contributed by atoms with E-state index in [1.807, 2.05) is 36.4 Å². The lowest BCUT2D eigenvalue weighted by atomic mass is 10.0. The van der Waals surface area contributed by atoms with Gasteiger partial charge in [-0.1, -0.05) is 18.2 Å². The van der Waals surface area contributed by atoms with Crippen molar-refractivity contribution in [1.29, 1.82) is 0 Å². The standard InChI is InChI=1S/C19H26N6O/c20-19-22-17(21-15-4-2-1-3-5-15)14-18(23-19)25-8-6-16(7-9-25)24-10-12-26-13-11-24/h1-5,14,16H,6-13H2,(H3,20,21,22,23). The number of nitrogens with one attached hydrogen (secondary N) is 1. The third kappa shape index (κ3) is 4.05. The van der Waals surface area contributed by atoms with Gasteiger partial charge >= 0.3 is 0 Å². The number of para-hydroxylation sites is 1. The molecule has 2 fully saturated rings. The Labute approximate surface area is 154 Å². The topological polar surface area (TPSA) is 79.5 Å². The number of anilines is 4. The summed E-state index contributed by atoms with van der Waals surface area (Å²) in [4.78, 5) is 13.7. The van der Waals surface area contributed by atoms with Gasteiger partial charge in [0.2, 0.25) is 5.95 Å². The largest absolute Gasteiger partial charge is 0.379 e. The van der Waals surface area contributed by atoms with Gasteiger partial charge in [0.1, 0.15) is 11.6 Å². The zero-order chi connectivity index (χ0) is 17.8. The van der Waals surface area contributed by atoms with E-state index in [9.17, 15) is 0 Å². The minimum absolute atomic E-state index is 0.302. The number of morpholine rings is 1. The van der Waals surface area contributed by atoms with E-state index in [2.05, 4.69) is 25.1 Å². The number of nitrogen functional groups attached to an aromatic ring is 1. The van der Waals surface area contributed by atoms with Crippen LogP contribution in [0.2, 0.25) is 0 Å². The molecule has 3 heterocycles. The third-order valence-corrected chi connectivity index (χ3v) is 5.13. The molecule has 2 saturated heterocycles. The fraction of sp³-hybridized carbons (Fsp3) is 0.474. The first-order valence-electron chi connectivity index (χ1n) is 9.31. The van der Waals surface area contributed by atoms with E-state index in [0.29, 0.717) is 12.0 Å². The maximum atomic E-state index is 5.95. The molecule has 7 nitrogen and oxygen atoms in total. The van der Waals surface area contributed by atoms with E-state index in [1.54, 1.807) is 0 Å². The molecule has 1 aromatic heterocycles. The molecule has 0 unspecified atom stereocenters. The van der Waals surface area contributed by atoms with Gasteiger partial charge in [0.15, 0.2) is 0 Å². The predicted molar refractivity (Wildman–Crippen MR) is 104 cm³/mol. The van der Waals surface area contributed by atoms with Gasteiger partial charge in [-0.15, -0.1) is 0 Å². The van der Waals surface area contributed by atoms with Crippen molar-refractivity contribution in [1.82, 2.24) is 14.9 Å². The fourth-order valence-electron chi connectivity index (χ4n) is 3.75. The Hall–Kier alpha value is -2.38. The molecule has 138 valence electrons. The first-order chi connectivity index (χ1) is 12.8. The molecule has 2 aliphatic rings. The highest BCUT2D eigenvalue weighted by Crippen LogP contribution is 2.25. The zero-order valence-electron chi connectivity index (χ0n) is 15.0. The molecule has 3 N–H and O–H groups in total.